The predicted octanol–water partition coefficient (Wildman–Crippen LogP) is 4.60. The van der Waals surface area contributed by atoms with Crippen molar-refractivity contribution < 1.29 is 33.6 Å². The first kappa shape index (κ1) is 42.5. The molecule has 3 aliphatic rings. The minimum absolute atomic E-state index is 0.0160. The highest BCUT2D eigenvalue weighted by atomic mass is 16.6. The molecule has 1 aromatic heterocycles. The van der Waals surface area contributed by atoms with Crippen molar-refractivity contribution in [2.45, 2.75) is 83.2 Å². The van der Waals surface area contributed by atoms with Crippen molar-refractivity contribution in [3.05, 3.63) is 59.5 Å². The number of aryl methyl sites for hydroxylation is 1. The van der Waals surface area contributed by atoms with Gasteiger partial charge in [0.25, 0.3) is 0 Å². The van der Waals surface area contributed by atoms with E-state index in [9.17, 15) is 10.1 Å². The number of aliphatic hydroxyl groups excluding tert-OH is 1. The molecule has 14 heteroatoms. The molecule has 2 aromatic carbocycles. The number of aliphatic hydroxyl groups is 1. The van der Waals surface area contributed by atoms with Crippen molar-refractivity contribution in [1.29, 1.82) is 5.26 Å². The van der Waals surface area contributed by atoms with Gasteiger partial charge >= 0.3 is 6.09 Å². The molecule has 3 aliphatic heterocycles. The molecule has 3 aromatic rings. The van der Waals surface area contributed by atoms with E-state index in [4.69, 9.17) is 38.8 Å². The number of likely N-dealkylation sites (N-methyl/N-ethyl adjacent to an activating group) is 1. The van der Waals surface area contributed by atoms with Crippen molar-refractivity contribution in [1.82, 2.24) is 19.8 Å². The molecule has 14 nitrogen and oxygen atoms in total. The highest BCUT2D eigenvalue weighted by molar-refractivity contribution is 5.94. The first-order valence-corrected chi connectivity index (χ1v) is 20.5. The molecule has 1 N–H and O–H groups in total. The molecule has 1 amide bonds. The second-order valence-corrected chi connectivity index (χ2v) is 16.1. The Morgan fingerprint density at radius 2 is 1.63 bits per heavy atom. The molecule has 6 rings (SSSR count). The van der Waals surface area contributed by atoms with E-state index in [1.54, 1.807) is 4.90 Å². The van der Waals surface area contributed by atoms with E-state index >= 15 is 0 Å². The van der Waals surface area contributed by atoms with Crippen molar-refractivity contribution in [2.75, 3.05) is 102 Å². The van der Waals surface area contributed by atoms with Crippen LogP contribution in [0.25, 0.3) is 10.8 Å². The number of fused-ring (bicyclic) bond motifs is 2. The van der Waals surface area contributed by atoms with Crippen LogP contribution in [0.3, 0.4) is 0 Å². The van der Waals surface area contributed by atoms with Crippen LogP contribution in [0.5, 0.6) is 0 Å². The zero-order valence-electron chi connectivity index (χ0n) is 34.2. The smallest absolute Gasteiger partial charge is 0.410 e. The predicted molar refractivity (Wildman–Crippen MR) is 219 cm³/mol. The summed E-state index contributed by atoms with van der Waals surface area (Å²) in [7, 11) is 2.16. The summed E-state index contributed by atoms with van der Waals surface area (Å²) in [5.74, 6) is 1.75. The lowest BCUT2D eigenvalue weighted by Crippen LogP contribution is -2.56. The lowest BCUT2D eigenvalue weighted by molar-refractivity contribution is -0.0179. The molecule has 4 heterocycles. The van der Waals surface area contributed by atoms with E-state index in [0.29, 0.717) is 78.5 Å². The van der Waals surface area contributed by atoms with Gasteiger partial charge in [0.05, 0.1) is 89.7 Å². The van der Waals surface area contributed by atoms with E-state index in [1.807, 2.05) is 20.8 Å². The third kappa shape index (κ3) is 11.7. The Morgan fingerprint density at radius 1 is 0.895 bits per heavy atom. The number of hydrogen-bond donors (Lipinski definition) is 1. The number of likely N-dealkylation sites (tertiary alicyclic amines) is 1. The van der Waals surface area contributed by atoms with Gasteiger partial charge in [0.2, 0.25) is 0 Å². The van der Waals surface area contributed by atoms with Gasteiger partial charge in [-0.3, -0.25) is 0 Å². The Labute approximate surface area is 337 Å². The second-order valence-electron chi connectivity index (χ2n) is 16.1. The zero-order valence-corrected chi connectivity index (χ0v) is 34.2. The van der Waals surface area contributed by atoms with E-state index in [-0.39, 0.29) is 31.3 Å². The fraction of sp³-hybridized carbons (Fsp3) is 0.628. The largest absolute Gasteiger partial charge is 0.444 e. The van der Waals surface area contributed by atoms with Crippen LogP contribution in [0.2, 0.25) is 0 Å². The SMILES string of the molecule is CN1C[C@H](OCCOCCOCCOCCO)C[C@H]1CCc1nc2c(c(N3CCN(C(=O)OC(C)(C)C)[C@@H](CC#N)C3)n1)CCN(c1cccc3ccccc13)C2. The van der Waals surface area contributed by atoms with Gasteiger partial charge in [-0.1, -0.05) is 36.4 Å². The van der Waals surface area contributed by atoms with Gasteiger partial charge in [-0.25, -0.2) is 14.8 Å². The number of hydrogen-bond acceptors (Lipinski definition) is 13. The van der Waals surface area contributed by atoms with E-state index < -0.39 is 5.60 Å². The molecule has 0 saturated carbocycles. The third-order valence-electron chi connectivity index (χ3n) is 10.8. The van der Waals surface area contributed by atoms with E-state index in [2.05, 4.69) is 70.3 Å². The standard InChI is InChI=1S/C43H61N7O7/c1-43(2,3)57-42(52)50-19-18-49(29-34(50)14-16-44)41-37-15-17-48(39-11-7-9-32-8-5-6-10-36(32)39)31-38(37)45-40(46-41)13-12-33-28-35(30-47(33)4)56-27-26-55-25-24-54-23-22-53-21-20-51/h5-11,33-35,51H,12-15,17-31H2,1-4H3/t33-,34+,35-/m1/s1. The van der Waals surface area contributed by atoms with Crippen LogP contribution in [0, 0.1) is 11.3 Å². The van der Waals surface area contributed by atoms with Gasteiger partial charge in [0.15, 0.2) is 0 Å². The lowest BCUT2D eigenvalue weighted by atomic mass is 10.0. The fourth-order valence-electron chi connectivity index (χ4n) is 8.08. The number of carbonyl (C=O) groups excluding carboxylic acids is 1. The normalized spacial score (nSPS) is 20.2. The average molecular weight is 788 g/mol. The Morgan fingerprint density at radius 3 is 2.39 bits per heavy atom. The second kappa shape index (κ2) is 20.5. The number of rotatable bonds is 18. The monoisotopic (exact) mass is 787 g/mol. The number of anilines is 2. The molecular weight excluding hydrogens is 727 g/mol. The van der Waals surface area contributed by atoms with Gasteiger partial charge in [-0.05, 0) is 58.5 Å². The summed E-state index contributed by atoms with van der Waals surface area (Å²) in [5.41, 5.74) is 2.79. The number of aromatic nitrogens is 2. The van der Waals surface area contributed by atoms with Crippen molar-refractivity contribution in [3.63, 3.8) is 0 Å². The average Bonchev–Trinajstić information content (AvgIpc) is 3.56. The summed E-state index contributed by atoms with van der Waals surface area (Å²) < 4.78 is 28.3. The minimum atomic E-state index is -0.621. The van der Waals surface area contributed by atoms with Gasteiger partial charge < -0.3 is 48.4 Å². The highest BCUT2D eigenvalue weighted by Gasteiger charge is 2.36. The molecule has 310 valence electrons. The summed E-state index contributed by atoms with van der Waals surface area (Å²) in [6.07, 6.45) is 3.33. The van der Waals surface area contributed by atoms with Crippen molar-refractivity contribution in [3.8, 4) is 6.07 Å². The maximum absolute atomic E-state index is 13.2. The molecule has 0 bridgehead atoms. The summed E-state index contributed by atoms with van der Waals surface area (Å²) in [5, 5.41) is 21.0. The first-order chi connectivity index (χ1) is 27.6. The topological polar surface area (TPSA) is 146 Å². The van der Waals surface area contributed by atoms with Crippen LogP contribution in [-0.2, 0) is 43.1 Å². The number of nitrogens with zero attached hydrogens (tertiary/aromatic N) is 7. The number of benzene rings is 2. The van der Waals surface area contributed by atoms with Crippen LogP contribution >= 0.6 is 0 Å². The van der Waals surface area contributed by atoms with Crippen LogP contribution in [0.15, 0.2) is 42.5 Å². The summed E-state index contributed by atoms with van der Waals surface area (Å²) in [4.78, 5) is 32.6. The van der Waals surface area contributed by atoms with E-state index in [1.165, 1.54) is 16.5 Å². The number of amides is 1. The summed E-state index contributed by atoms with van der Waals surface area (Å²) in [6, 6.07) is 17.3. The Balaban J connectivity index is 1.12. The Kier molecular flexibility index (Phi) is 15.3. The third-order valence-corrected chi connectivity index (χ3v) is 10.8. The van der Waals surface area contributed by atoms with Crippen LogP contribution in [0.1, 0.15) is 57.1 Å². The first-order valence-electron chi connectivity index (χ1n) is 20.5. The number of nitriles is 1. The quantitative estimate of drug-likeness (QED) is 0.180. The molecule has 2 fully saturated rings. The van der Waals surface area contributed by atoms with Gasteiger partial charge in [-0.2, -0.15) is 5.26 Å². The van der Waals surface area contributed by atoms with Gasteiger partial charge in [0, 0.05) is 61.8 Å². The molecule has 57 heavy (non-hydrogen) atoms. The van der Waals surface area contributed by atoms with Crippen LogP contribution < -0.4 is 9.80 Å². The summed E-state index contributed by atoms with van der Waals surface area (Å²) >= 11 is 0. The zero-order chi connectivity index (χ0) is 40.2. The number of piperazine rings is 1. The number of ether oxygens (including phenoxy) is 5. The maximum atomic E-state index is 13.2. The number of carbonyl (C=O) groups is 1. The Bertz CT molecular complexity index is 1790. The highest BCUT2D eigenvalue weighted by Crippen LogP contribution is 2.34. The molecule has 0 radical (unpaired) electrons. The Hall–Kier alpha value is -4.10. The molecule has 2 saturated heterocycles. The van der Waals surface area contributed by atoms with Gasteiger partial charge in [-0.15, -0.1) is 0 Å². The molecule has 0 spiro atoms. The molecule has 0 unspecified atom stereocenters. The minimum Gasteiger partial charge on any atom is -0.444 e. The molecule has 0 aliphatic carbocycles. The lowest BCUT2D eigenvalue weighted by Gasteiger charge is -2.42. The molecule has 3 atom stereocenters. The van der Waals surface area contributed by atoms with Crippen molar-refractivity contribution in [2.24, 2.45) is 0 Å². The van der Waals surface area contributed by atoms with E-state index in [0.717, 1.165) is 61.7 Å². The van der Waals surface area contributed by atoms with Gasteiger partial charge in [0.1, 0.15) is 17.2 Å². The summed E-state index contributed by atoms with van der Waals surface area (Å²) in [6.45, 7) is 12.8. The van der Waals surface area contributed by atoms with Crippen molar-refractivity contribution >= 4 is 28.4 Å². The van der Waals surface area contributed by atoms with Crippen LogP contribution in [0.4, 0.5) is 16.3 Å². The molecular formula is C43H61N7O7. The maximum Gasteiger partial charge on any atom is 0.410 e. The van der Waals surface area contributed by atoms with Crippen LogP contribution in [-0.4, -0.2) is 147 Å². The fourth-order valence-corrected chi connectivity index (χ4v) is 8.08.